The van der Waals surface area contributed by atoms with Gasteiger partial charge in [-0.05, 0) is 46.3 Å². The Bertz CT molecular complexity index is 566. The molecule has 0 amide bonds. The molecular formula is C12H8BrClF2N2O. The first-order chi connectivity index (χ1) is 9.04. The molecular weight excluding hydrogens is 341 g/mol. The quantitative estimate of drug-likeness (QED) is 0.857. The normalized spacial score (nSPS) is 10.6. The molecule has 0 spiro atoms. The standard InChI is InChI=1S/C12H8BrClF2N2O/c13-7-5-10(14)11(17-6-7)18-8-1-3-9(4-2-8)19-12(15)16/h1-6,12H,(H,17,18). The van der Waals surface area contributed by atoms with Crippen LogP contribution in [0, 0.1) is 0 Å². The summed E-state index contributed by atoms with van der Waals surface area (Å²) in [5.41, 5.74) is 0.665. The van der Waals surface area contributed by atoms with Gasteiger partial charge in [-0.2, -0.15) is 8.78 Å². The molecule has 0 atom stereocenters. The van der Waals surface area contributed by atoms with Gasteiger partial charge < -0.3 is 10.1 Å². The van der Waals surface area contributed by atoms with E-state index in [0.29, 0.717) is 16.5 Å². The third kappa shape index (κ3) is 4.04. The fraction of sp³-hybridized carbons (Fsp3) is 0.0833. The third-order valence-corrected chi connectivity index (χ3v) is 2.87. The fourth-order valence-electron chi connectivity index (χ4n) is 1.36. The Morgan fingerprint density at radius 2 is 1.95 bits per heavy atom. The lowest BCUT2D eigenvalue weighted by molar-refractivity contribution is -0.0498. The number of hydrogen-bond acceptors (Lipinski definition) is 3. The molecule has 1 heterocycles. The number of aromatic nitrogens is 1. The molecule has 0 aliphatic rings. The van der Waals surface area contributed by atoms with Crippen LogP contribution in [0.3, 0.4) is 0 Å². The van der Waals surface area contributed by atoms with Gasteiger partial charge in [0.25, 0.3) is 0 Å². The molecule has 7 heteroatoms. The van der Waals surface area contributed by atoms with Crippen LogP contribution in [0.25, 0.3) is 0 Å². The monoisotopic (exact) mass is 348 g/mol. The van der Waals surface area contributed by atoms with Gasteiger partial charge in [-0.3, -0.25) is 0 Å². The van der Waals surface area contributed by atoms with Crippen LogP contribution in [0.4, 0.5) is 20.3 Å². The number of ether oxygens (including phenoxy) is 1. The van der Waals surface area contributed by atoms with Crippen molar-refractivity contribution < 1.29 is 13.5 Å². The molecule has 0 aliphatic heterocycles. The summed E-state index contributed by atoms with van der Waals surface area (Å²) in [6, 6.07) is 7.75. The topological polar surface area (TPSA) is 34.1 Å². The summed E-state index contributed by atoms with van der Waals surface area (Å²) in [7, 11) is 0. The predicted molar refractivity (Wildman–Crippen MR) is 73.3 cm³/mol. The molecule has 0 bridgehead atoms. The van der Waals surface area contributed by atoms with Gasteiger partial charge in [0, 0.05) is 16.4 Å². The van der Waals surface area contributed by atoms with Gasteiger partial charge in [-0.15, -0.1) is 0 Å². The van der Waals surface area contributed by atoms with E-state index in [2.05, 4.69) is 31.0 Å². The number of rotatable bonds is 4. The Kier molecular flexibility index (Phi) is 4.55. The molecule has 19 heavy (non-hydrogen) atoms. The van der Waals surface area contributed by atoms with Crippen molar-refractivity contribution in [2.45, 2.75) is 6.61 Å². The molecule has 0 fully saturated rings. The number of pyridine rings is 1. The van der Waals surface area contributed by atoms with E-state index in [-0.39, 0.29) is 5.75 Å². The molecule has 0 saturated carbocycles. The zero-order valence-electron chi connectivity index (χ0n) is 9.41. The molecule has 2 aromatic rings. The number of nitrogens with zero attached hydrogens (tertiary/aromatic N) is 1. The summed E-state index contributed by atoms with van der Waals surface area (Å²) in [6.45, 7) is -2.83. The van der Waals surface area contributed by atoms with Crippen molar-refractivity contribution >= 4 is 39.0 Å². The number of hydrogen-bond donors (Lipinski definition) is 1. The minimum atomic E-state index is -2.83. The lowest BCUT2D eigenvalue weighted by atomic mass is 10.3. The maximum Gasteiger partial charge on any atom is 0.387 e. The van der Waals surface area contributed by atoms with Crippen molar-refractivity contribution in [3.8, 4) is 5.75 Å². The summed E-state index contributed by atoms with van der Waals surface area (Å²) >= 11 is 9.25. The summed E-state index contributed by atoms with van der Waals surface area (Å²) in [5.74, 6) is 0.572. The maximum atomic E-state index is 12.0. The van der Waals surface area contributed by atoms with Crippen molar-refractivity contribution in [1.29, 1.82) is 0 Å². The van der Waals surface area contributed by atoms with Gasteiger partial charge in [0.05, 0.1) is 5.02 Å². The van der Waals surface area contributed by atoms with E-state index >= 15 is 0 Å². The Labute approximate surface area is 121 Å². The first-order valence-corrected chi connectivity index (χ1v) is 6.34. The second-order valence-electron chi connectivity index (χ2n) is 3.51. The lowest BCUT2D eigenvalue weighted by Gasteiger charge is -2.09. The van der Waals surface area contributed by atoms with E-state index in [1.54, 1.807) is 24.4 Å². The Morgan fingerprint density at radius 1 is 1.26 bits per heavy atom. The van der Waals surface area contributed by atoms with Gasteiger partial charge in [0.15, 0.2) is 0 Å². The summed E-state index contributed by atoms with van der Waals surface area (Å²) in [5, 5.41) is 3.42. The van der Waals surface area contributed by atoms with Gasteiger partial charge in [-0.25, -0.2) is 4.98 Å². The number of nitrogens with one attached hydrogen (secondary N) is 1. The van der Waals surface area contributed by atoms with Gasteiger partial charge in [0.1, 0.15) is 11.6 Å². The van der Waals surface area contributed by atoms with Crippen molar-refractivity contribution in [2.75, 3.05) is 5.32 Å². The van der Waals surface area contributed by atoms with Crippen LogP contribution in [0.1, 0.15) is 0 Å². The molecule has 0 aliphatic carbocycles. The average molecular weight is 350 g/mol. The van der Waals surface area contributed by atoms with Crippen LogP contribution < -0.4 is 10.1 Å². The van der Waals surface area contributed by atoms with Gasteiger partial charge >= 0.3 is 6.61 Å². The molecule has 1 aromatic carbocycles. The molecule has 100 valence electrons. The second-order valence-corrected chi connectivity index (χ2v) is 4.83. The van der Waals surface area contributed by atoms with E-state index in [1.165, 1.54) is 12.1 Å². The fourth-order valence-corrected chi connectivity index (χ4v) is 2.04. The van der Waals surface area contributed by atoms with E-state index in [9.17, 15) is 8.78 Å². The molecule has 1 N–H and O–H groups in total. The maximum absolute atomic E-state index is 12.0. The summed E-state index contributed by atoms with van der Waals surface area (Å²) in [4.78, 5) is 4.10. The molecule has 1 aromatic heterocycles. The zero-order valence-corrected chi connectivity index (χ0v) is 11.8. The highest BCUT2D eigenvalue weighted by atomic mass is 79.9. The molecule has 3 nitrogen and oxygen atoms in total. The van der Waals surface area contributed by atoms with Crippen LogP contribution >= 0.6 is 27.5 Å². The highest BCUT2D eigenvalue weighted by molar-refractivity contribution is 9.10. The average Bonchev–Trinajstić information content (AvgIpc) is 2.34. The third-order valence-electron chi connectivity index (χ3n) is 2.15. The Morgan fingerprint density at radius 3 is 2.53 bits per heavy atom. The molecule has 0 radical (unpaired) electrons. The van der Waals surface area contributed by atoms with Crippen molar-refractivity contribution in [3.05, 3.63) is 46.0 Å². The number of benzene rings is 1. The largest absolute Gasteiger partial charge is 0.435 e. The SMILES string of the molecule is FC(F)Oc1ccc(Nc2ncc(Br)cc2Cl)cc1. The predicted octanol–water partition coefficient (Wildman–Crippen LogP) is 4.84. The van der Waals surface area contributed by atoms with Crippen LogP contribution in [-0.4, -0.2) is 11.6 Å². The summed E-state index contributed by atoms with van der Waals surface area (Å²) < 4.78 is 29.0. The number of alkyl halides is 2. The van der Waals surface area contributed by atoms with Gasteiger partial charge in [0.2, 0.25) is 0 Å². The Hall–Kier alpha value is -1.40. The van der Waals surface area contributed by atoms with E-state index in [1.807, 2.05) is 0 Å². The lowest BCUT2D eigenvalue weighted by Crippen LogP contribution is -2.01. The molecule has 0 unspecified atom stereocenters. The van der Waals surface area contributed by atoms with Crippen LogP contribution in [-0.2, 0) is 0 Å². The molecule has 0 saturated heterocycles. The van der Waals surface area contributed by atoms with E-state index < -0.39 is 6.61 Å². The van der Waals surface area contributed by atoms with Crippen molar-refractivity contribution in [3.63, 3.8) is 0 Å². The first-order valence-electron chi connectivity index (χ1n) is 5.17. The van der Waals surface area contributed by atoms with Crippen LogP contribution in [0.5, 0.6) is 5.75 Å². The number of anilines is 2. The minimum Gasteiger partial charge on any atom is -0.435 e. The highest BCUT2D eigenvalue weighted by Gasteiger charge is 2.05. The Balaban J connectivity index is 2.10. The second kappa shape index (κ2) is 6.16. The zero-order chi connectivity index (χ0) is 13.8. The minimum absolute atomic E-state index is 0.0930. The molecule has 2 rings (SSSR count). The van der Waals surface area contributed by atoms with Gasteiger partial charge in [-0.1, -0.05) is 11.6 Å². The first kappa shape index (κ1) is 14.0. The number of halogens is 4. The highest BCUT2D eigenvalue weighted by Crippen LogP contribution is 2.26. The van der Waals surface area contributed by atoms with Crippen molar-refractivity contribution in [1.82, 2.24) is 4.98 Å². The van der Waals surface area contributed by atoms with Crippen LogP contribution in [0.15, 0.2) is 41.0 Å². The van der Waals surface area contributed by atoms with Crippen molar-refractivity contribution in [2.24, 2.45) is 0 Å². The van der Waals surface area contributed by atoms with E-state index in [0.717, 1.165) is 4.47 Å². The smallest absolute Gasteiger partial charge is 0.387 e. The van der Waals surface area contributed by atoms with Crippen LogP contribution in [0.2, 0.25) is 5.02 Å². The van der Waals surface area contributed by atoms with E-state index in [4.69, 9.17) is 11.6 Å². The summed E-state index contributed by atoms with van der Waals surface area (Å²) in [6.07, 6.45) is 1.60.